The second-order valence-electron chi connectivity index (χ2n) is 2.62. The largest absolute Gasteiger partial charge is 0.494 e. The summed E-state index contributed by atoms with van der Waals surface area (Å²) in [6.07, 6.45) is 0.628. The van der Waals surface area contributed by atoms with Crippen LogP contribution in [0.5, 0.6) is 5.75 Å². The van der Waals surface area contributed by atoms with E-state index in [1.807, 2.05) is 0 Å². The third kappa shape index (κ3) is 2.73. The molecule has 15 heavy (non-hydrogen) atoms. The van der Waals surface area contributed by atoms with Gasteiger partial charge in [0, 0.05) is 0 Å². The number of nitrogens with zero attached hydrogens (tertiary/aromatic N) is 1. The predicted molar refractivity (Wildman–Crippen MR) is 49.0 cm³/mol. The van der Waals surface area contributed by atoms with Crippen LogP contribution >= 0.6 is 0 Å². The minimum absolute atomic E-state index is 0.00587. The maximum Gasteiger partial charge on any atom is 0.419 e. The molecule has 0 unspecified atom stereocenters. The van der Waals surface area contributed by atoms with Crippen LogP contribution in [0.25, 0.3) is 6.08 Å². The molecule has 1 rings (SSSR count). The summed E-state index contributed by atoms with van der Waals surface area (Å²) >= 11 is 0. The maximum absolute atomic E-state index is 13.1. The minimum atomic E-state index is -1.54. The Morgan fingerprint density at radius 2 is 2.27 bits per heavy atom. The predicted octanol–water partition coefficient (Wildman–Crippen LogP) is 2.38. The van der Waals surface area contributed by atoms with Crippen LogP contribution in [0, 0.1) is 15.9 Å². The lowest BCUT2D eigenvalue weighted by molar-refractivity contribution is -0.445. The molecular weight excluding hydrogens is 208 g/mol. The zero-order valence-corrected chi connectivity index (χ0v) is 7.74. The molecule has 0 saturated heterocycles. The molecule has 4 nitrogen and oxygen atoms in total. The molecule has 0 radical (unpaired) electrons. The SMILES string of the molecule is COc1ccc(/C=C(\F)[N+](=O)[O-])cc1F. The highest BCUT2D eigenvalue weighted by molar-refractivity contribution is 5.51. The van der Waals surface area contributed by atoms with E-state index in [9.17, 15) is 18.9 Å². The standard InChI is InChI=1S/C9H7F2NO3/c1-15-8-3-2-6(4-7(8)10)5-9(11)12(13)14/h2-5H,1H3/b9-5+. The van der Waals surface area contributed by atoms with Crippen molar-refractivity contribution in [1.29, 1.82) is 0 Å². The Labute approximate surface area is 83.9 Å². The fourth-order valence-electron chi connectivity index (χ4n) is 0.963. The molecule has 0 atom stereocenters. The van der Waals surface area contributed by atoms with Crippen LogP contribution in [0.2, 0.25) is 0 Å². The van der Waals surface area contributed by atoms with Crippen molar-refractivity contribution in [3.8, 4) is 5.75 Å². The van der Waals surface area contributed by atoms with E-state index in [0.29, 0.717) is 6.08 Å². The first-order valence-corrected chi connectivity index (χ1v) is 3.89. The number of hydrogen-bond donors (Lipinski definition) is 0. The molecule has 0 bridgehead atoms. The van der Waals surface area contributed by atoms with E-state index in [-0.39, 0.29) is 11.3 Å². The van der Waals surface area contributed by atoms with Gasteiger partial charge in [0.1, 0.15) is 0 Å². The highest BCUT2D eigenvalue weighted by Gasteiger charge is 2.09. The molecule has 0 aliphatic rings. The van der Waals surface area contributed by atoms with Crippen molar-refractivity contribution in [1.82, 2.24) is 0 Å². The maximum atomic E-state index is 13.1. The van der Waals surface area contributed by atoms with E-state index in [4.69, 9.17) is 0 Å². The summed E-state index contributed by atoms with van der Waals surface area (Å²) in [6, 6.07) is 3.52. The van der Waals surface area contributed by atoms with E-state index >= 15 is 0 Å². The van der Waals surface area contributed by atoms with Crippen LogP contribution in [0.1, 0.15) is 5.56 Å². The van der Waals surface area contributed by atoms with Crippen LogP contribution in [0.15, 0.2) is 24.1 Å². The molecule has 0 saturated carbocycles. The van der Waals surface area contributed by atoms with Crippen molar-refractivity contribution >= 4 is 6.08 Å². The first kappa shape index (κ1) is 11.1. The third-order valence-electron chi connectivity index (χ3n) is 1.64. The topological polar surface area (TPSA) is 52.4 Å². The summed E-state index contributed by atoms with van der Waals surface area (Å²) in [5, 5.41) is 9.96. The van der Waals surface area contributed by atoms with Gasteiger partial charge in [-0.1, -0.05) is 6.07 Å². The average molecular weight is 215 g/mol. The van der Waals surface area contributed by atoms with Crippen LogP contribution < -0.4 is 4.74 Å². The fraction of sp³-hybridized carbons (Fsp3) is 0.111. The van der Waals surface area contributed by atoms with Crippen molar-refractivity contribution in [2.75, 3.05) is 7.11 Å². The Morgan fingerprint density at radius 1 is 1.60 bits per heavy atom. The van der Waals surface area contributed by atoms with Gasteiger partial charge < -0.3 is 4.74 Å². The summed E-state index contributed by atoms with van der Waals surface area (Å²) in [5.41, 5.74) is 0.0579. The fourth-order valence-corrected chi connectivity index (χ4v) is 0.963. The number of rotatable bonds is 3. The van der Waals surface area contributed by atoms with Gasteiger partial charge in [-0.25, -0.2) is 4.39 Å². The molecule has 0 aliphatic carbocycles. The van der Waals surface area contributed by atoms with Crippen molar-refractivity contribution in [2.24, 2.45) is 0 Å². The van der Waals surface area contributed by atoms with Gasteiger partial charge in [0.05, 0.1) is 18.1 Å². The van der Waals surface area contributed by atoms with E-state index in [1.165, 1.54) is 19.2 Å². The monoisotopic (exact) mass is 215 g/mol. The van der Waals surface area contributed by atoms with Gasteiger partial charge in [-0.05, 0) is 17.7 Å². The first-order valence-electron chi connectivity index (χ1n) is 3.89. The molecule has 6 heteroatoms. The Kier molecular flexibility index (Phi) is 3.33. The number of halogens is 2. The summed E-state index contributed by atoms with van der Waals surface area (Å²) < 4.78 is 30.2. The van der Waals surface area contributed by atoms with E-state index in [2.05, 4.69) is 4.74 Å². The van der Waals surface area contributed by atoms with Crippen LogP contribution in [-0.2, 0) is 0 Å². The molecular formula is C9H7F2NO3. The smallest absolute Gasteiger partial charge is 0.419 e. The number of benzene rings is 1. The lowest BCUT2D eigenvalue weighted by Crippen LogP contribution is -1.92. The number of methoxy groups -OCH3 is 1. The summed E-state index contributed by atoms with van der Waals surface area (Å²) in [6.45, 7) is 0. The van der Waals surface area contributed by atoms with Crippen LogP contribution in [-0.4, -0.2) is 12.0 Å². The molecule has 0 aliphatic heterocycles. The molecule has 1 aromatic carbocycles. The first-order chi connectivity index (χ1) is 7.04. The second-order valence-corrected chi connectivity index (χ2v) is 2.62. The molecule has 1 aromatic rings. The van der Waals surface area contributed by atoms with Crippen molar-refractivity contribution < 1.29 is 18.4 Å². The van der Waals surface area contributed by atoms with Gasteiger partial charge in [0.2, 0.25) is 0 Å². The van der Waals surface area contributed by atoms with Gasteiger partial charge in [0.15, 0.2) is 11.6 Å². The minimum Gasteiger partial charge on any atom is -0.494 e. The van der Waals surface area contributed by atoms with Gasteiger partial charge >= 0.3 is 5.95 Å². The molecule has 0 amide bonds. The van der Waals surface area contributed by atoms with E-state index in [0.717, 1.165) is 6.07 Å². The van der Waals surface area contributed by atoms with E-state index in [1.54, 1.807) is 0 Å². The summed E-state index contributed by atoms with van der Waals surface area (Å²) in [4.78, 5) is 8.76. The van der Waals surface area contributed by atoms with Crippen molar-refractivity contribution in [2.45, 2.75) is 0 Å². The quantitative estimate of drug-likeness (QED) is 0.442. The number of hydrogen-bond acceptors (Lipinski definition) is 3. The molecule has 0 heterocycles. The van der Waals surface area contributed by atoms with Gasteiger partial charge in [-0.2, -0.15) is 0 Å². The van der Waals surface area contributed by atoms with Gasteiger partial charge in [-0.3, -0.25) is 10.1 Å². The normalized spacial score (nSPS) is 11.3. The summed E-state index contributed by atoms with van der Waals surface area (Å²) in [5.74, 6) is -2.25. The highest BCUT2D eigenvalue weighted by Crippen LogP contribution is 2.19. The Balaban J connectivity index is 3.03. The lowest BCUT2D eigenvalue weighted by Gasteiger charge is -2.01. The van der Waals surface area contributed by atoms with Gasteiger partial charge in [-0.15, -0.1) is 4.39 Å². The van der Waals surface area contributed by atoms with Crippen molar-refractivity contribution in [3.63, 3.8) is 0 Å². The van der Waals surface area contributed by atoms with Crippen LogP contribution in [0.3, 0.4) is 0 Å². The van der Waals surface area contributed by atoms with E-state index < -0.39 is 16.7 Å². The molecule has 0 spiro atoms. The molecule has 0 fully saturated rings. The summed E-state index contributed by atoms with van der Waals surface area (Å²) in [7, 11) is 1.28. The number of nitro groups is 1. The average Bonchev–Trinajstić information content (AvgIpc) is 2.18. The third-order valence-corrected chi connectivity index (χ3v) is 1.64. The Hall–Kier alpha value is -1.98. The van der Waals surface area contributed by atoms with Crippen molar-refractivity contribution in [3.05, 3.63) is 45.6 Å². The Morgan fingerprint density at radius 3 is 2.73 bits per heavy atom. The zero-order valence-electron chi connectivity index (χ0n) is 7.74. The molecule has 0 N–H and O–H groups in total. The number of ether oxygens (including phenoxy) is 1. The zero-order chi connectivity index (χ0) is 11.4. The molecule has 80 valence electrons. The lowest BCUT2D eigenvalue weighted by atomic mass is 10.2. The molecule has 0 aromatic heterocycles. The van der Waals surface area contributed by atoms with Crippen LogP contribution in [0.4, 0.5) is 8.78 Å². The highest BCUT2D eigenvalue weighted by atomic mass is 19.1. The second kappa shape index (κ2) is 4.50. The Bertz CT molecular complexity index is 418. The van der Waals surface area contributed by atoms with Gasteiger partial charge in [0.25, 0.3) is 0 Å².